The van der Waals surface area contributed by atoms with Crippen molar-refractivity contribution in [1.82, 2.24) is 0 Å². The molecule has 3 heteroatoms. The third-order valence-electron chi connectivity index (χ3n) is 1.92. The van der Waals surface area contributed by atoms with Crippen molar-refractivity contribution in [3.63, 3.8) is 0 Å². The molecule has 0 aliphatic carbocycles. The van der Waals surface area contributed by atoms with Crippen molar-refractivity contribution >= 4 is 16.9 Å². The van der Waals surface area contributed by atoms with E-state index in [1.54, 1.807) is 18.2 Å². The second-order valence-corrected chi connectivity index (χ2v) is 2.97. The van der Waals surface area contributed by atoms with Crippen LogP contribution < -0.4 is 5.73 Å². The molecule has 0 aliphatic rings. The summed E-state index contributed by atoms with van der Waals surface area (Å²) in [5.41, 5.74) is 6.43. The summed E-state index contributed by atoms with van der Waals surface area (Å²) < 4.78 is 5.35. The summed E-state index contributed by atoms with van der Waals surface area (Å²) in [6, 6.07) is 7.02. The van der Waals surface area contributed by atoms with E-state index in [-0.39, 0.29) is 0 Å². The van der Waals surface area contributed by atoms with Crippen LogP contribution in [0.1, 0.15) is 16.1 Å². The summed E-state index contributed by atoms with van der Waals surface area (Å²) in [4.78, 5) is 10.8. The summed E-state index contributed by atoms with van der Waals surface area (Å²) in [7, 11) is 0. The summed E-state index contributed by atoms with van der Waals surface area (Å²) in [5.74, 6) is 0.414. The van der Waals surface area contributed by atoms with Crippen molar-refractivity contribution in [2.75, 3.05) is 0 Å². The maximum absolute atomic E-state index is 10.8. The first-order chi connectivity index (χ1) is 6.16. The number of primary amides is 1. The predicted octanol–water partition coefficient (Wildman–Crippen LogP) is 1.84. The van der Waals surface area contributed by atoms with Crippen molar-refractivity contribution in [1.29, 1.82) is 0 Å². The Morgan fingerprint density at radius 2 is 2.15 bits per heavy atom. The molecule has 66 valence electrons. The number of aryl methyl sites for hydroxylation is 1. The molecule has 0 atom stereocenters. The zero-order chi connectivity index (χ0) is 9.42. The number of carbonyl (C=O) groups excluding carboxylic acids is 1. The molecule has 3 nitrogen and oxygen atoms in total. The number of carbonyl (C=O) groups is 1. The molecule has 0 fully saturated rings. The van der Waals surface area contributed by atoms with Crippen LogP contribution >= 0.6 is 0 Å². The third kappa shape index (κ3) is 1.28. The Balaban J connectivity index is 2.67. The molecule has 2 aromatic rings. The molecule has 1 heterocycles. The van der Waals surface area contributed by atoms with Gasteiger partial charge in [0, 0.05) is 10.9 Å². The molecule has 2 rings (SSSR count). The number of rotatable bonds is 1. The van der Waals surface area contributed by atoms with Crippen molar-refractivity contribution in [3.8, 4) is 0 Å². The van der Waals surface area contributed by atoms with E-state index in [0.29, 0.717) is 5.56 Å². The molecular weight excluding hydrogens is 166 g/mol. The number of hydrogen-bond donors (Lipinski definition) is 1. The Morgan fingerprint density at radius 1 is 1.38 bits per heavy atom. The second-order valence-electron chi connectivity index (χ2n) is 2.97. The zero-order valence-corrected chi connectivity index (χ0v) is 7.20. The molecule has 13 heavy (non-hydrogen) atoms. The molecular formula is C10H9NO2. The van der Waals surface area contributed by atoms with Gasteiger partial charge in [0.2, 0.25) is 5.91 Å². The van der Waals surface area contributed by atoms with Crippen molar-refractivity contribution in [2.45, 2.75) is 6.92 Å². The van der Waals surface area contributed by atoms with Gasteiger partial charge in [0.25, 0.3) is 0 Å². The van der Waals surface area contributed by atoms with Gasteiger partial charge in [-0.25, -0.2) is 0 Å². The van der Waals surface area contributed by atoms with Crippen LogP contribution in [0, 0.1) is 6.92 Å². The van der Waals surface area contributed by atoms with Crippen LogP contribution in [0.2, 0.25) is 0 Å². The summed E-state index contributed by atoms with van der Waals surface area (Å²) in [6.07, 6.45) is 0. The van der Waals surface area contributed by atoms with Gasteiger partial charge >= 0.3 is 0 Å². The highest BCUT2D eigenvalue weighted by Gasteiger charge is 2.04. The Hall–Kier alpha value is -1.77. The number of nitrogens with two attached hydrogens (primary N) is 1. The SMILES string of the molecule is Cc1cc2cc(C(N)=O)ccc2o1. The van der Waals surface area contributed by atoms with Gasteiger partial charge in [-0.15, -0.1) is 0 Å². The van der Waals surface area contributed by atoms with Gasteiger partial charge in [-0.2, -0.15) is 0 Å². The molecule has 2 N–H and O–H groups in total. The average molecular weight is 175 g/mol. The van der Waals surface area contributed by atoms with Gasteiger partial charge in [0.1, 0.15) is 11.3 Å². The monoisotopic (exact) mass is 175 g/mol. The lowest BCUT2D eigenvalue weighted by molar-refractivity contribution is 0.100. The van der Waals surface area contributed by atoms with Gasteiger partial charge in [-0.1, -0.05) is 0 Å². The first kappa shape index (κ1) is 7.86. The van der Waals surface area contributed by atoms with Gasteiger partial charge in [-0.3, -0.25) is 4.79 Å². The van der Waals surface area contributed by atoms with Gasteiger partial charge < -0.3 is 10.2 Å². The van der Waals surface area contributed by atoms with Crippen molar-refractivity contribution in [2.24, 2.45) is 5.73 Å². The van der Waals surface area contributed by atoms with E-state index >= 15 is 0 Å². The average Bonchev–Trinajstić information content (AvgIpc) is 2.42. The fourth-order valence-corrected chi connectivity index (χ4v) is 1.33. The van der Waals surface area contributed by atoms with Crippen LogP contribution in [0.4, 0.5) is 0 Å². The highest BCUT2D eigenvalue weighted by atomic mass is 16.3. The predicted molar refractivity (Wildman–Crippen MR) is 49.5 cm³/mol. The standard InChI is InChI=1S/C10H9NO2/c1-6-4-8-5-7(10(11)12)2-3-9(8)13-6/h2-5H,1H3,(H2,11,12). The fourth-order valence-electron chi connectivity index (χ4n) is 1.33. The van der Waals surface area contributed by atoms with E-state index in [4.69, 9.17) is 10.2 Å². The van der Waals surface area contributed by atoms with E-state index in [1.165, 1.54) is 0 Å². The smallest absolute Gasteiger partial charge is 0.248 e. The fraction of sp³-hybridized carbons (Fsp3) is 0.100. The molecule has 0 saturated carbocycles. The number of fused-ring (bicyclic) bond motifs is 1. The summed E-state index contributed by atoms with van der Waals surface area (Å²) in [5, 5.41) is 0.911. The molecule has 0 unspecified atom stereocenters. The Bertz CT molecular complexity index is 471. The first-order valence-electron chi connectivity index (χ1n) is 3.97. The molecule has 0 aliphatic heterocycles. The van der Waals surface area contributed by atoms with Crippen LogP contribution in [-0.2, 0) is 0 Å². The van der Waals surface area contributed by atoms with E-state index < -0.39 is 5.91 Å². The topological polar surface area (TPSA) is 56.2 Å². The molecule has 0 saturated heterocycles. The minimum absolute atomic E-state index is 0.416. The maximum atomic E-state index is 10.8. The first-order valence-corrected chi connectivity index (χ1v) is 3.97. The Morgan fingerprint density at radius 3 is 2.85 bits per heavy atom. The molecule has 0 spiro atoms. The number of hydrogen-bond acceptors (Lipinski definition) is 2. The lowest BCUT2D eigenvalue weighted by atomic mass is 10.1. The van der Waals surface area contributed by atoms with Gasteiger partial charge in [0.15, 0.2) is 0 Å². The van der Waals surface area contributed by atoms with E-state index in [9.17, 15) is 4.79 Å². The van der Waals surface area contributed by atoms with E-state index in [0.717, 1.165) is 16.7 Å². The quantitative estimate of drug-likeness (QED) is 0.718. The second kappa shape index (κ2) is 2.62. The Kier molecular flexibility index (Phi) is 1.59. The van der Waals surface area contributed by atoms with E-state index in [2.05, 4.69) is 0 Å². The molecule has 1 aromatic carbocycles. The Labute approximate surface area is 75.1 Å². The zero-order valence-electron chi connectivity index (χ0n) is 7.20. The minimum Gasteiger partial charge on any atom is -0.461 e. The van der Waals surface area contributed by atoms with Crippen LogP contribution in [0.15, 0.2) is 28.7 Å². The van der Waals surface area contributed by atoms with Gasteiger partial charge in [-0.05, 0) is 31.2 Å². The lowest BCUT2D eigenvalue weighted by Gasteiger charge is -1.93. The molecule has 1 amide bonds. The summed E-state index contributed by atoms with van der Waals surface area (Å²) >= 11 is 0. The van der Waals surface area contributed by atoms with Crippen molar-refractivity contribution < 1.29 is 9.21 Å². The number of furan rings is 1. The normalized spacial score (nSPS) is 10.5. The highest BCUT2D eigenvalue weighted by molar-refractivity contribution is 5.96. The van der Waals surface area contributed by atoms with Crippen LogP contribution in [0.5, 0.6) is 0 Å². The summed E-state index contributed by atoms with van der Waals surface area (Å²) in [6.45, 7) is 1.87. The molecule has 0 bridgehead atoms. The highest BCUT2D eigenvalue weighted by Crippen LogP contribution is 2.19. The lowest BCUT2D eigenvalue weighted by Crippen LogP contribution is -2.10. The largest absolute Gasteiger partial charge is 0.461 e. The maximum Gasteiger partial charge on any atom is 0.248 e. The third-order valence-corrected chi connectivity index (χ3v) is 1.92. The van der Waals surface area contributed by atoms with Crippen LogP contribution in [0.25, 0.3) is 11.0 Å². The number of benzene rings is 1. The molecule has 0 radical (unpaired) electrons. The molecule has 1 aromatic heterocycles. The van der Waals surface area contributed by atoms with Crippen molar-refractivity contribution in [3.05, 3.63) is 35.6 Å². The van der Waals surface area contributed by atoms with E-state index in [1.807, 2.05) is 13.0 Å². The number of amides is 1. The van der Waals surface area contributed by atoms with Gasteiger partial charge in [0.05, 0.1) is 0 Å². The minimum atomic E-state index is -0.416. The van der Waals surface area contributed by atoms with Crippen LogP contribution in [-0.4, -0.2) is 5.91 Å². The van der Waals surface area contributed by atoms with Crippen LogP contribution in [0.3, 0.4) is 0 Å².